The molecule has 96 valence electrons. The van der Waals surface area contributed by atoms with Crippen LogP contribution in [-0.2, 0) is 0 Å². The van der Waals surface area contributed by atoms with Gasteiger partial charge in [-0.2, -0.15) is 0 Å². The molecule has 0 heterocycles. The Morgan fingerprint density at radius 2 is 1.31 bits per heavy atom. The Morgan fingerprint density at radius 1 is 0.750 bits per heavy atom. The molecular formula is C16H32. The van der Waals surface area contributed by atoms with Gasteiger partial charge in [-0.15, -0.1) is 0 Å². The number of hydrogen-bond acceptors (Lipinski definition) is 0. The van der Waals surface area contributed by atoms with Gasteiger partial charge < -0.3 is 0 Å². The number of rotatable bonds is 11. The van der Waals surface area contributed by atoms with Crippen LogP contribution in [0.15, 0.2) is 11.6 Å². The lowest BCUT2D eigenvalue weighted by atomic mass is 10.0. The molecule has 0 rings (SSSR count). The van der Waals surface area contributed by atoms with Crippen molar-refractivity contribution in [2.24, 2.45) is 0 Å². The zero-order valence-corrected chi connectivity index (χ0v) is 11.9. The van der Waals surface area contributed by atoms with E-state index in [4.69, 9.17) is 0 Å². The summed E-state index contributed by atoms with van der Waals surface area (Å²) in [5, 5.41) is 0. The van der Waals surface area contributed by atoms with E-state index in [9.17, 15) is 0 Å². The van der Waals surface area contributed by atoms with E-state index in [2.05, 4.69) is 26.8 Å². The first-order chi connectivity index (χ1) is 7.85. The second-order valence-electron chi connectivity index (χ2n) is 4.85. The Balaban J connectivity index is 3.22. The summed E-state index contributed by atoms with van der Waals surface area (Å²) in [5.74, 6) is 0. The molecule has 0 radical (unpaired) electrons. The molecule has 0 nitrogen and oxygen atoms in total. The summed E-state index contributed by atoms with van der Waals surface area (Å²) >= 11 is 0. The molecule has 16 heavy (non-hydrogen) atoms. The molecular weight excluding hydrogens is 192 g/mol. The molecule has 0 aromatic rings. The fourth-order valence-corrected chi connectivity index (χ4v) is 2.20. The zero-order valence-electron chi connectivity index (χ0n) is 11.9. The van der Waals surface area contributed by atoms with E-state index >= 15 is 0 Å². The molecule has 0 fully saturated rings. The second-order valence-corrected chi connectivity index (χ2v) is 4.85. The van der Waals surface area contributed by atoms with Crippen LogP contribution in [-0.4, -0.2) is 0 Å². The molecule has 0 amide bonds. The van der Waals surface area contributed by atoms with Gasteiger partial charge in [0.05, 0.1) is 0 Å². The summed E-state index contributed by atoms with van der Waals surface area (Å²) in [6.45, 7) is 6.81. The fourth-order valence-electron chi connectivity index (χ4n) is 2.20. The van der Waals surface area contributed by atoms with Crippen LogP contribution in [0, 0.1) is 0 Å². The quantitative estimate of drug-likeness (QED) is 0.287. The minimum Gasteiger partial charge on any atom is -0.0856 e. The van der Waals surface area contributed by atoms with Crippen LogP contribution in [0.1, 0.15) is 91.4 Å². The molecule has 0 heteroatoms. The minimum atomic E-state index is 1.21. The predicted octanol–water partition coefficient (Wildman–Crippen LogP) is 6.26. The van der Waals surface area contributed by atoms with Gasteiger partial charge in [0.1, 0.15) is 0 Å². The average molecular weight is 224 g/mol. The fraction of sp³-hybridized carbons (Fsp3) is 0.875. The van der Waals surface area contributed by atoms with Crippen LogP contribution in [0.25, 0.3) is 0 Å². The highest BCUT2D eigenvalue weighted by molar-refractivity contribution is 5.00. The van der Waals surface area contributed by atoms with Gasteiger partial charge in [-0.25, -0.2) is 0 Å². The van der Waals surface area contributed by atoms with Crippen molar-refractivity contribution in [2.45, 2.75) is 91.4 Å². The average Bonchev–Trinajstić information content (AvgIpc) is 2.31. The van der Waals surface area contributed by atoms with Crippen LogP contribution >= 0.6 is 0 Å². The molecule has 0 saturated heterocycles. The van der Waals surface area contributed by atoms with Crippen molar-refractivity contribution >= 4 is 0 Å². The molecule has 0 aliphatic rings. The normalized spacial score (nSPS) is 12.1. The van der Waals surface area contributed by atoms with Crippen LogP contribution in [0.2, 0.25) is 0 Å². The van der Waals surface area contributed by atoms with Crippen LogP contribution < -0.4 is 0 Å². The smallest absolute Gasteiger partial charge is 0.0320 e. The van der Waals surface area contributed by atoms with Gasteiger partial charge in [-0.3, -0.25) is 0 Å². The summed E-state index contributed by atoms with van der Waals surface area (Å²) in [6, 6.07) is 0. The molecule has 0 N–H and O–H groups in total. The van der Waals surface area contributed by atoms with E-state index in [-0.39, 0.29) is 0 Å². The Morgan fingerprint density at radius 3 is 1.81 bits per heavy atom. The second kappa shape index (κ2) is 12.8. The van der Waals surface area contributed by atoms with Gasteiger partial charge in [0.2, 0.25) is 0 Å². The third kappa shape index (κ3) is 10.3. The van der Waals surface area contributed by atoms with Gasteiger partial charge in [-0.05, 0) is 25.7 Å². The summed E-state index contributed by atoms with van der Waals surface area (Å²) in [5.41, 5.74) is 1.67. The molecule has 0 aromatic carbocycles. The monoisotopic (exact) mass is 224 g/mol. The van der Waals surface area contributed by atoms with E-state index in [1.807, 2.05) is 0 Å². The first-order valence-corrected chi connectivity index (χ1v) is 7.53. The lowest BCUT2D eigenvalue weighted by molar-refractivity contribution is 0.573. The minimum absolute atomic E-state index is 1.21. The molecule has 0 atom stereocenters. The lowest BCUT2D eigenvalue weighted by Gasteiger charge is -2.04. The number of unbranched alkanes of at least 4 members (excludes halogenated alkanes) is 7. The highest BCUT2D eigenvalue weighted by atomic mass is 14.0. The first-order valence-electron chi connectivity index (χ1n) is 7.53. The molecule has 0 aromatic heterocycles. The molecule has 0 aliphatic heterocycles. The number of allylic oxidation sites excluding steroid dienone is 2. The Kier molecular flexibility index (Phi) is 12.6. The third-order valence-corrected chi connectivity index (χ3v) is 3.30. The zero-order chi connectivity index (χ0) is 12.1. The highest BCUT2D eigenvalue weighted by Gasteiger charge is 1.95. The van der Waals surface area contributed by atoms with Crippen LogP contribution in [0.4, 0.5) is 0 Å². The third-order valence-electron chi connectivity index (χ3n) is 3.30. The van der Waals surface area contributed by atoms with Crippen molar-refractivity contribution in [1.82, 2.24) is 0 Å². The van der Waals surface area contributed by atoms with E-state index < -0.39 is 0 Å². The standard InChI is InChI=1S/C16H32/c1-4-7-8-9-10-11-12-13-15-16(6-3)14-5-2/h14H,4-13,15H2,1-3H3. The Hall–Kier alpha value is -0.260. The molecule has 0 unspecified atom stereocenters. The first kappa shape index (κ1) is 15.7. The van der Waals surface area contributed by atoms with Crippen molar-refractivity contribution in [2.75, 3.05) is 0 Å². The topological polar surface area (TPSA) is 0 Å². The Bertz CT molecular complexity index is 155. The highest BCUT2D eigenvalue weighted by Crippen LogP contribution is 2.15. The van der Waals surface area contributed by atoms with Crippen molar-refractivity contribution in [3.63, 3.8) is 0 Å². The lowest BCUT2D eigenvalue weighted by Crippen LogP contribution is -1.84. The summed E-state index contributed by atoms with van der Waals surface area (Å²) < 4.78 is 0. The largest absolute Gasteiger partial charge is 0.0856 e. The molecule has 0 saturated carbocycles. The van der Waals surface area contributed by atoms with Crippen molar-refractivity contribution in [3.8, 4) is 0 Å². The van der Waals surface area contributed by atoms with Crippen molar-refractivity contribution in [1.29, 1.82) is 0 Å². The van der Waals surface area contributed by atoms with Crippen LogP contribution in [0.5, 0.6) is 0 Å². The Labute approximate surface area is 104 Å². The van der Waals surface area contributed by atoms with Gasteiger partial charge in [0, 0.05) is 0 Å². The summed E-state index contributed by atoms with van der Waals surface area (Å²) in [6.07, 6.45) is 17.7. The summed E-state index contributed by atoms with van der Waals surface area (Å²) in [4.78, 5) is 0. The van der Waals surface area contributed by atoms with E-state index in [1.165, 1.54) is 70.6 Å². The maximum atomic E-state index is 2.42. The van der Waals surface area contributed by atoms with Gasteiger partial charge in [0.15, 0.2) is 0 Å². The van der Waals surface area contributed by atoms with Gasteiger partial charge in [0.25, 0.3) is 0 Å². The molecule has 0 spiro atoms. The maximum absolute atomic E-state index is 2.42. The van der Waals surface area contributed by atoms with Gasteiger partial charge >= 0.3 is 0 Å². The van der Waals surface area contributed by atoms with Crippen LogP contribution in [0.3, 0.4) is 0 Å². The van der Waals surface area contributed by atoms with Crippen molar-refractivity contribution < 1.29 is 0 Å². The van der Waals surface area contributed by atoms with E-state index in [1.54, 1.807) is 5.57 Å². The molecule has 0 aliphatic carbocycles. The SMILES string of the molecule is CCC=C(CC)CCCCCCCCCC. The number of hydrogen-bond donors (Lipinski definition) is 0. The van der Waals surface area contributed by atoms with Crippen molar-refractivity contribution in [3.05, 3.63) is 11.6 Å². The predicted molar refractivity (Wildman–Crippen MR) is 75.9 cm³/mol. The van der Waals surface area contributed by atoms with E-state index in [0.717, 1.165) is 0 Å². The van der Waals surface area contributed by atoms with E-state index in [0.29, 0.717) is 0 Å². The maximum Gasteiger partial charge on any atom is -0.0320 e. The van der Waals surface area contributed by atoms with Gasteiger partial charge in [-0.1, -0.05) is 77.4 Å². The summed E-state index contributed by atoms with van der Waals surface area (Å²) in [7, 11) is 0. The molecule has 0 bridgehead atoms.